The fourth-order valence-corrected chi connectivity index (χ4v) is 3.73. The first-order valence-corrected chi connectivity index (χ1v) is 9.78. The molecule has 8 heteroatoms. The minimum Gasteiger partial charge on any atom is -0.369 e. The molecule has 2 atom stereocenters. The summed E-state index contributed by atoms with van der Waals surface area (Å²) in [5.74, 6) is -0.657. The number of benzene rings is 1. The Kier molecular flexibility index (Phi) is 7.00. The Hall–Kier alpha value is -2.45. The zero-order valence-electron chi connectivity index (χ0n) is 16.0. The quantitative estimate of drug-likeness (QED) is 0.698. The first-order chi connectivity index (χ1) is 13.6. The number of hydrogen-bond acceptors (Lipinski definition) is 5. The van der Waals surface area contributed by atoms with Gasteiger partial charge < -0.3 is 25.6 Å². The van der Waals surface area contributed by atoms with Crippen molar-refractivity contribution in [2.24, 2.45) is 11.7 Å². The minimum absolute atomic E-state index is 0.0132. The average Bonchev–Trinajstić information content (AvgIpc) is 2.73. The number of likely N-dealkylation sites (tertiary alicyclic amines) is 1. The van der Waals surface area contributed by atoms with Crippen LogP contribution in [0.1, 0.15) is 18.4 Å². The van der Waals surface area contributed by atoms with Crippen LogP contribution in [0.2, 0.25) is 0 Å². The van der Waals surface area contributed by atoms with Crippen LogP contribution in [0.3, 0.4) is 0 Å². The molecule has 2 saturated heterocycles. The summed E-state index contributed by atoms with van der Waals surface area (Å²) in [6, 6.07) is 8.94. The van der Waals surface area contributed by atoms with E-state index in [1.165, 1.54) is 0 Å². The second-order valence-electron chi connectivity index (χ2n) is 7.24. The average molecular weight is 388 g/mol. The van der Waals surface area contributed by atoms with Crippen molar-refractivity contribution in [3.63, 3.8) is 0 Å². The van der Waals surface area contributed by atoms with E-state index in [0.717, 1.165) is 18.4 Å². The van der Waals surface area contributed by atoms with Gasteiger partial charge in [0.15, 0.2) is 0 Å². The molecule has 2 heterocycles. The Balaban J connectivity index is 1.68. The molecule has 28 heavy (non-hydrogen) atoms. The van der Waals surface area contributed by atoms with Gasteiger partial charge in [0.2, 0.25) is 17.7 Å². The number of morpholine rings is 1. The van der Waals surface area contributed by atoms with Crippen molar-refractivity contribution in [3.8, 4) is 0 Å². The van der Waals surface area contributed by atoms with Gasteiger partial charge in [0, 0.05) is 32.7 Å². The van der Waals surface area contributed by atoms with Gasteiger partial charge in [-0.05, 0) is 18.4 Å². The van der Waals surface area contributed by atoms with Crippen LogP contribution in [-0.2, 0) is 25.7 Å². The fourth-order valence-electron chi connectivity index (χ4n) is 3.73. The fraction of sp³-hybridized carbons (Fsp3) is 0.550. The van der Waals surface area contributed by atoms with Gasteiger partial charge in [-0.3, -0.25) is 14.4 Å². The number of hydrogen-bond donors (Lipinski definition) is 2. The molecule has 1 aromatic rings. The zero-order chi connectivity index (χ0) is 19.9. The first-order valence-electron chi connectivity index (χ1n) is 9.78. The lowest BCUT2D eigenvalue weighted by Gasteiger charge is -2.40. The molecule has 0 aliphatic carbocycles. The summed E-state index contributed by atoms with van der Waals surface area (Å²) in [4.78, 5) is 41.2. The molecule has 152 valence electrons. The number of nitrogens with zero attached hydrogens (tertiary/aromatic N) is 2. The largest absolute Gasteiger partial charge is 0.369 e. The Bertz CT molecular complexity index is 697. The number of nitrogens with one attached hydrogen (secondary N) is 1. The third kappa shape index (κ3) is 4.88. The summed E-state index contributed by atoms with van der Waals surface area (Å²) < 4.78 is 5.37. The highest BCUT2D eigenvalue weighted by Crippen LogP contribution is 2.21. The van der Waals surface area contributed by atoms with E-state index in [9.17, 15) is 14.4 Å². The van der Waals surface area contributed by atoms with Crippen molar-refractivity contribution in [3.05, 3.63) is 35.9 Å². The highest BCUT2D eigenvalue weighted by molar-refractivity contribution is 5.90. The standard InChI is InChI=1S/C20H28N4O4/c21-8-9-22-19(26)16-7-4-10-23(12-16)20(27)17-13-28-14-18(25)24(17)11-15-5-2-1-3-6-15/h1-3,5-6,16-17H,4,7-14,21H2,(H,22,26)/t16?,17-/m1/s1. The van der Waals surface area contributed by atoms with Gasteiger partial charge in [0.25, 0.3) is 0 Å². The highest BCUT2D eigenvalue weighted by Gasteiger charge is 2.38. The van der Waals surface area contributed by atoms with Crippen LogP contribution in [0, 0.1) is 5.92 Å². The molecule has 0 saturated carbocycles. The molecule has 3 rings (SSSR count). The van der Waals surface area contributed by atoms with Gasteiger partial charge in [0.1, 0.15) is 12.6 Å². The van der Waals surface area contributed by atoms with Gasteiger partial charge >= 0.3 is 0 Å². The highest BCUT2D eigenvalue weighted by atomic mass is 16.5. The lowest BCUT2D eigenvalue weighted by molar-refractivity contribution is -0.161. The van der Waals surface area contributed by atoms with Crippen molar-refractivity contribution in [2.75, 3.05) is 39.4 Å². The zero-order valence-corrected chi connectivity index (χ0v) is 16.0. The first kappa shape index (κ1) is 20.3. The van der Waals surface area contributed by atoms with Crippen LogP contribution in [-0.4, -0.2) is 73.0 Å². The Labute approximate surface area is 165 Å². The lowest BCUT2D eigenvalue weighted by Crippen LogP contribution is -2.58. The minimum atomic E-state index is -0.660. The Morgan fingerprint density at radius 1 is 1.25 bits per heavy atom. The number of carbonyl (C=O) groups is 3. The van der Waals surface area contributed by atoms with Crippen molar-refractivity contribution < 1.29 is 19.1 Å². The molecule has 0 aromatic heterocycles. The molecule has 2 aliphatic rings. The van der Waals surface area contributed by atoms with E-state index in [1.54, 1.807) is 9.80 Å². The second-order valence-corrected chi connectivity index (χ2v) is 7.24. The summed E-state index contributed by atoms with van der Waals surface area (Å²) in [7, 11) is 0. The molecule has 2 fully saturated rings. The molecule has 0 radical (unpaired) electrons. The van der Waals surface area contributed by atoms with Gasteiger partial charge in [-0.25, -0.2) is 0 Å². The number of nitrogens with two attached hydrogens (primary N) is 1. The normalized spacial score (nSPS) is 22.8. The molecule has 8 nitrogen and oxygen atoms in total. The van der Waals surface area contributed by atoms with E-state index in [4.69, 9.17) is 10.5 Å². The van der Waals surface area contributed by atoms with E-state index in [2.05, 4.69) is 5.32 Å². The maximum atomic E-state index is 13.2. The van der Waals surface area contributed by atoms with Crippen molar-refractivity contribution in [2.45, 2.75) is 25.4 Å². The third-order valence-electron chi connectivity index (χ3n) is 5.23. The van der Waals surface area contributed by atoms with Crippen LogP contribution in [0.25, 0.3) is 0 Å². The maximum absolute atomic E-state index is 13.2. The third-order valence-corrected chi connectivity index (χ3v) is 5.23. The number of amides is 3. The van der Waals surface area contributed by atoms with E-state index in [1.807, 2.05) is 30.3 Å². The van der Waals surface area contributed by atoms with Gasteiger partial charge in [-0.15, -0.1) is 0 Å². The molecule has 3 N–H and O–H groups in total. The number of ether oxygens (including phenoxy) is 1. The topological polar surface area (TPSA) is 105 Å². The monoisotopic (exact) mass is 388 g/mol. The van der Waals surface area contributed by atoms with E-state index < -0.39 is 6.04 Å². The maximum Gasteiger partial charge on any atom is 0.249 e. The van der Waals surface area contributed by atoms with E-state index >= 15 is 0 Å². The SMILES string of the molecule is NCCNC(=O)C1CCCN(C(=O)[C@H]2COCC(=O)N2Cc2ccccc2)C1. The summed E-state index contributed by atoms with van der Waals surface area (Å²) >= 11 is 0. The molecule has 0 spiro atoms. The van der Waals surface area contributed by atoms with Crippen molar-refractivity contribution >= 4 is 17.7 Å². The van der Waals surface area contributed by atoms with Crippen LogP contribution >= 0.6 is 0 Å². The molecule has 3 amide bonds. The second kappa shape index (κ2) is 9.66. The molecule has 1 aromatic carbocycles. The lowest BCUT2D eigenvalue weighted by atomic mass is 9.96. The van der Waals surface area contributed by atoms with Crippen LogP contribution < -0.4 is 11.1 Å². The number of rotatable bonds is 6. The molecule has 2 aliphatic heterocycles. The number of carbonyl (C=O) groups excluding carboxylic acids is 3. The Morgan fingerprint density at radius 3 is 2.79 bits per heavy atom. The molecule has 1 unspecified atom stereocenters. The summed E-state index contributed by atoms with van der Waals surface area (Å²) in [5, 5.41) is 2.80. The summed E-state index contributed by atoms with van der Waals surface area (Å²) in [5.41, 5.74) is 6.41. The van der Waals surface area contributed by atoms with Gasteiger partial charge in [-0.1, -0.05) is 30.3 Å². The van der Waals surface area contributed by atoms with E-state index in [-0.39, 0.29) is 36.9 Å². The van der Waals surface area contributed by atoms with Crippen LogP contribution in [0.5, 0.6) is 0 Å². The smallest absolute Gasteiger partial charge is 0.249 e. The molecular formula is C20H28N4O4. The molecule has 0 bridgehead atoms. The molecular weight excluding hydrogens is 360 g/mol. The summed E-state index contributed by atoms with van der Waals surface area (Å²) in [6.07, 6.45) is 1.50. The predicted octanol–water partition coefficient (Wildman–Crippen LogP) is -0.272. The van der Waals surface area contributed by atoms with Gasteiger partial charge in [-0.2, -0.15) is 0 Å². The van der Waals surface area contributed by atoms with Crippen molar-refractivity contribution in [1.82, 2.24) is 15.1 Å². The van der Waals surface area contributed by atoms with Crippen LogP contribution in [0.4, 0.5) is 0 Å². The van der Waals surface area contributed by atoms with Gasteiger partial charge in [0.05, 0.1) is 12.5 Å². The van der Waals surface area contributed by atoms with Crippen molar-refractivity contribution in [1.29, 1.82) is 0 Å². The Morgan fingerprint density at radius 2 is 2.04 bits per heavy atom. The van der Waals surface area contributed by atoms with Crippen LogP contribution in [0.15, 0.2) is 30.3 Å². The van der Waals surface area contributed by atoms with E-state index in [0.29, 0.717) is 32.7 Å². The number of piperidine rings is 1. The predicted molar refractivity (Wildman–Crippen MR) is 103 cm³/mol. The summed E-state index contributed by atoms with van der Waals surface area (Å²) in [6.45, 7) is 2.30.